The van der Waals surface area contributed by atoms with Crippen LogP contribution in [0.15, 0.2) is 54.7 Å². The molecule has 0 aliphatic heterocycles. The van der Waals surface area contributed by atoms with Gasteiger partial charge in [-0.25, -0.2) is 0 Å². The fourth-order valence-corrected chi connectivity index (χ4v) is 3.43. The predicted octanol–water partition coefficient (Wildman–Crippen LogP) is 4.38. The average Bonchev–Trinajstić information content (AvgIpc) is 3.11. The summed E-state index contributed by atoms with van der Waals surface area (Å²) in [5.74, 6) is -0.113. The zero-order valence-electron chi connectivity index (χ0n) is 16.9. The van der Waals surface area contributed by atoms with Gasteiger partial charge < -0.3 is 19.5 Å². The van der Waals surface area contributed by atoms with E-state index in [1.807, 2.05) is 36.4 Å². The van der Waals surface area contributed by atoms with Crippen LogP contribution in [0, 0.1) is 0 Å². The molecule has 3 aromatic rings. The van der Waals surface area contributed by atoms with E-state index in [9.17, 15) is 4.79 Å². The van der Waals surface area contributed by atoms with E-state index in [1.165, 1.54) is 5.52 Å². The van der Waals surface area contributed by atoms with Gasteiger partial charge in [0.1, 0.15) is 0 Å². The molecule has 0 unspecified atom stereocenters. The highest BCUT2D eigenvalue weighted by Crippen LogP contribution is 2.21. The Morgan fingerprint density at radius 3 is 2.68 bits per heavy atom. The quantitative estimate of drug-likeness (QED) is 0.600. The van der Waals surface area contributed by atoms with Crippen LogP contribution in [0.4, 0.5) is 5.69 Å². The molecular formula is C23H29N3O2. The molecule has 0 atom stereocenters. The summed E-state index contributed by atoms with van der Waals surface area (Å²) in [7, 11) is 1.65. The van der Waals surface area contributed by atoms with Crippen LogP contribution in [0.3, 0.4) is 0 Å². The van der Waals surface area contributed by atoms with Gasteiger partial charge in [-0.3, -0.25) is 4.79 Å². The monoisotopic (exact) mass is 379 g/mol. The van der Waals surface area contributed by atoms with Crippen LogP contribution in [0.5, 0.6) is 0 Å². The van der Waals surface area contributed by atoms with Gasteiger partial charge in [0.25, 0.3) is 5.91 Å². The molecule has 0 spiro atoms. The van der Waals surface area contributed by atoms with Crippen molar-refractivity contribution in [3.05, 3.63) is 65.9 Å². The van der Waals surface area contributed by atoms with Crippen LogP contribution >= 0.6 is 0 Å². The zero-order chi connectivity index (χ0) is 19.9. The molecule has 28 heavy (non-hydrogen) atoms. The minimum Gasteiger partial charge on any atom is -0.380 e. The van der Waals surface area contributed by atoms with Crippen LogP contribution in [0.1, 0.15) is 29.8 Å². The third-order valence-corrected chi connectivity index (χ3v) is 5.08. The lowest BCUT2D eigenvalue weighted by molar-refractivity contribution is 0.102. The summed E-state index contributed by atoms with van der Waals surface area (Å²) >= 11 is 0. The van der Waals surface area contributed by atoms with E-state index < -0.39 is 0 Å². The molecule has 0 aliphatic rings. The van der Waals surface area contributed by atoms with E-state index in [2.05, 4.69) is 47.0 Å². The van der Waals surface area contributed by atoms with Crippen molar-refractivity contribution in [1.29, 1.82) is 0 Å². The highest BCUT2D eigenvalue weighted by atomic mass is 16.5. The average molecular weight is 380 g/mol. The van der Waals surface area contributed by atoms with Crippen molar-refractivity contribution < 1.29 is 9.53 Å². The summed E-state index contributed by atoms with van der Waals surface area (Å²) in [6.45, 7) is 9.01. The van der Waals surface area contributed by atoms with Crippen LogP contribution in [0.2, 0.25) is 0 Å². The van der Waals surface area contributed by atoms with E-state index in [4.69, 9.17) is 4.74 Å². The Morgan fingerprint density at radius 1 is 1.11 bits per heavy atom. The van der Waals surface area contributed by atoms with Gasteiger partial charge in [-0.2, -0.15) is 0 Å². The van der Waals surface area contributed by atoms with Gasteiger partial charge in [0.05, 0.1) is 6.61 Å². The number of benzene rings is 2. The van der Waals surface area contributed by atoms with Gasteiger partial charge in [0.15, 0.2) is 0 Å². The van der Waals surface area contributed by atoms with Gasteiger partial charge in [-0.1, -0.05) is 26.0 Å². The zero-order valence-corrected chi connectivity index (χ0v) is 16.9. The minimum atomic E-state index is -0.113. The SMILES string of the molecule is CCN(CC)CCn1ccc2cc(NC(=O)c3cccc(COC)c3)ccc21. The number of nitrogens with one attached hydrogen (secondary N) is 1. The number of carbonyl (C=O) groups excluding carboxylic acids is 1. The Labute approximate surface area is 166 Å². The number of methoxy groups -OCH3 is 1. The number of fused-ring (bicyclic) bond motifs is 1. The maximum absolute atomic E-state index is 12.6. The third-order valence-electron chi connectivity index (χ3n) is 5.08. The molecule has 0 saturated carbocycles. The summed E-state index contributed by atoms with van der Waals surface area (Å²) in [5.41, 5.74) is 3.60. The molecule has 3 rings (SSSR count). The largest absolute Gasteiger partial charge is 0.380 e. The number of nitrogens with zero attached hydrogens (tertiary/aromatic N) is 2. The van der Waals surface area contributed by atoms with E-state index >= 15 is 0 Å². The third kappa shape index (κ3) is 4.80. The number of amides is 1. The molecule has 0 radical (unpaired) electrons. The van der Waals surface area contributed by atoms with E-state index in [1.54, 1.807) is 7.11 Å². The molecule has 0 fully saturated rings. The number of anilines is 1. The van der Waals surface area contributed by atoms with Gasteiger partial charge in [-0.15, -0.1) is 0 Å². The standard InChI is InChI=1S/C23H29N3O2/c1-4-25(5-2)13-14-26-12-11-19-16-21(9-10-22(19)26)24-23(27)20-8-6-7-18(15-20)17-28-3/h6-12,15-16H,4-5,13-14,17H2,1-3H3,(H,24,27). The van der Waals surface area contributed by atoms with Crippen molar-refractivity contribution in [2.75, 3.05) is 32.1 Å². The van der Waals surface area contributed by atoms with Crippen molar-refractivity contribution in [2.24, 2.45) is 0 Å². The second kappa shape index (κ2) is 9.53. The van der Waals surface area contributed by atoms with E-state index in [0.29, 0.717) is 12.2 Å². The molecule has 1 heterocycles. The summed E-state index contributed by atoms with van der Waals surface area (Å²) in [4.78, 5) is 15.0. The number of hydrogen-bond acceptors (Lipinski definition) is 3. The second-order valence-corrected chi connectivity index (χ2v) is 6.90. The Balaban J connectivity index is 1.71. The first kappa shape index (κ1) is 20.1. The van der Waals surface area contributed by atoms with E-state index in [-0.39, 0.29) is 5.91 Å². The van der Waals surface area contributed by atoms with Crippen LogP contribution in [-0.4, -0.2) is 42.1 Å². The Kier molecular flexibility index (Phi) is 6.85. The maximum atomic E-state index is 12.6. The molecule has 0 bridgehead atoms. The maximum Gasteiger partial charge on any atom is 0.255 e. The lowest BCUT2D eigenvalue weighted by atomic mass is 10.1. The first-order valence-corrected chi connectivity index (χ1v) is 9.85. The highest BCUT2D eigenvalue weighted by Gasteiger charge is 2.09. The molecule has 1 N–H and O–H groups in total. The molecule has 0 aliphatic carbocycles. The number of carbonyl (C=O) groups is 1. The van der Waals surface area contributed by atoms with Crippen LogP contribution in [0.25, 0.3) is 10.9 Å². The van der Waals surface area contributed by atoms with Crippen molar-refractivity contribution in [3.8, 4) is 0 Å². The van der Waals surface area contributed by atoms with Crippen molar-refractivity contribution in [1.82, 2.24) is 9.47 Å². The molecular weight excluding hydrogens is 350 g/mol. The molecule has 0 saturated heterocycles. The molecule has 1 aromatic heterocycles. The fraction of sp³-hybridized carbons (Fsp3) is 0.348. The summed E-state index contributed by atoms with van der Waals surface area (Å²) in [6.07, 6.45) is 2.12. The number of rotatable bonds is 9. The smallest absolute Gasteiger partial charge is 0.255 e. The summed E-state index contributed by atoms with van der Waals surface area (Å²) in [5, 5.41) is 4.13. The van der Waals surface area contributed by atoms with Gasteiger partial charge in [0.2, 0.25) is 0 Å². The number of ether oxygens (including phenoxy) is 1. The van der Waals surface area contributed by atoms with Gasteiger partial charge in [-0.05, 0) is 55.1 Å². The molecule has 2 aromatic carbocycles. The van der Waals surface area contributed by atoms with Crippen LogP contribution in [-0.2, 0) is 17.9 Å². The van der Waals surface area contributed by atoms with Crippen molar-refractivity contribution in [3.63, 3.8) is 0 Å². The normalized spacial score (nSPS) is 11.3. The van der Waals surface area contributed by atoms with E-state index in [0.717, 1.165) is 42.8 Å². The molecule has 148 valence electrons. The lowest BCUT2D eigenvalue weighted by Crippen LogP contribution is -2.26. The number of likely N-dealkylation sites (N-methyl/N-ethyl adjacent to an activating group) is 1. The Morgan fingerprint density at radius 2 is 1.93 bits per heavy atom. The van der Waals surface area contributed by atoms with Crippen molar-refractivity contribution >= 4 is 22.5 Å². The molecule has 5 nitrogen and oxygen atoms in total. The Bertz CT molecular complexity index is 928. The number of aromatic nitrogens is 1. The minimum absolute atomic E-state index is 0.113. The second-order valence-electron chi connectivity index (χ2n) is 6.90. The van der Waals surface area contributed by atoms with Gasteiger partial charge in [0, 0.05) is 48.5 Å². The van der Waals surface area contributed by atoms with Gasteiger partial charge >= 0.3 is 0 Å². The molecule has 1 amide bonds. The van der Waals surface area contributed by atoms with Crippen LogP contribution < -0.4 is 5.32 Å². The first-order valence-electron chi connectivity index (χ1n) is 9.85. The van der Waals surface area contributed by atoms with Crippen molar-refractivity contribution in [2.45, 2.75) is 27.0 Å². The highest BCUT2D eigenvalue weighted by molar-refractivity contribution is 6.05. The predicted molar refractivity (Wildman–Crippen MR) is 115 cm³/mol. The lowest BCUT2D eigenvalue weighted by Gasteiger charge is -2.18. The topological polar surface area (TPSA) is 46.5 Å². The summed E-state index contributed by atoms with van der Waals surface area (Å²) in [6, 6.07) is 15.7. The number of hydrogen-bond donors (Lipinski definition) is 1. The fourth-order valence-electron chi connectivity index (χ4n) is 3.43. The molecule has 5 heteroatoms. The Hall–Kier alpha value is -2.63. The summed E-state index contributed by atoms with van der Waals surface area (Å²) < 4.78 is 7.41. The first-order chi connectivity index (χ1) is 13.6.